The third-order valence-electron chi connectivity index (χ3n) is 4.89. The first-order valence-electron chi connectivity index (χ1n) is 9.24. The number of hydrogen-bond donors (Lipinski definition) is 0. The zero-order chi connectivity index (χ0) is 21.4. The monoisotopic (exact) mass is 440 g/mol. The van der Waals surface area contributed by atoms with Gasteiger partial charge in [-0.1, -0.05) is 23.5 Å². The van der Waals surface area contributed by atoms with Crippen molar-refractivity contribution in [2.24, 2.45) is 4.99 Å². The van der Waals surface area contributed by atoms with Crippen LogP contribution in [-0.4, -0.2) is 23.9 Å². The van der Waals surface area contributed by atoms with Crippen LogP contribution in [0.4, 0.5) is 0 Å². The van der Waals surface area contributed by atoms with E-state index < -0.39 is 12.0 Å². The number of carbonyl (C=O) groups is 1. The van der Waals surface area contributed by atoms with E-state index in [1.807, 2.05) is 49.6 Å². The van der Waals surface area contributed by atoms with E-state index in [-0.39, 0.29) is 5.56 Å². The zero-order valence-electron chi connectivity index (χ0n) is 17.0. The molecule has 2 aromatic heterocycles. The van der Waals surface area contributed by atoms with Crippen molar-refractivity contribution in [1.82, 2.24) is 4.57 Å². The van der Waals surface area contributed by atoms with Gasteiger partial charge in [0.15, 0.2) is 4.80 Å². The van der Waals surface area contributed by atoms with Crippen molar-refractivity contribution < 1.29 is 13.9 Å². The first-order chi connectivity index (χ1) is 14.4. The van der Waals surface area contributed by atoms with Crippen LogP contribution in [0.25, 0.3) is 6.08 Å². The number of carbonyl (C=O) groups excluding carboxylic acids is 1. The molecule has 3 aromatic rings. The predicted octanol–water partition coefficient (Wildman–Crippen LogP) is 3.03. The van der Waals surface area contributed by atoms with E-state index in [0.29, 0.717) is 26.4 Å². The summed E-state index contributed by atoms with van der Waals surface area (Å²) in [5.41, 5.74) is 1.51. The number of thioether (sulfide) groups is 1. The molecule has 6 nitrogen and oxygen atoms in total. The van der Waals surface area contributed by atoms with E-state index in [0.717, 1.165) is 16.2 Å². The van der Waals surface area contributed by atoms with Crippen molar-refractivity contribution in [3.8, 4) is 0 Å². The number of aromatic nitrogens is 1. The largest absolute Gasteiger partial charge is 0.466 e. The van der Waals surface area contributed by atoms with Crippen LogP contribution in [-0.2, 0) is 9.53 Å². The highest BCUT2D eigenvalue weighted by molar-refractivity contribution is 7.98. The Hall–Kier alpha value is -2.84. The number of furan rings is 1. The van der Waals surface area contributed by atoms with Gasteiger partial charge >= 0.3 is 5.97 Å². The van der Waals surface area contributed by atoms with E-state index in [4.69, 9.17) is 9.15 Å². The Morgan fingerprint density at radius 2 is 1.97 bits per heavy atom. The van der Waals surface area contributed by atoms with Crippen molar-refractivity contribution in [2.45, 2.75) is 24.8 Å². The molecule has 0 spiro atoms. The van der Waals surface area contributed by atoms with Gasteiger partial charge in [0, 0.05) is 11.0 Å². The number of thiazole rings is 1. The summed E-state index contributed by atoms with van der Waals surface area (Å²) in [5.74, 6) is 0.873. The maximum absolute atomic E-state index is 13.4. The molecule has 0 radical (unpaired) electrons. The number of rotatable bonds is 4. The minimum atomic E-state index is -0.606. The van der Waals surface area contributed by atoms with Crippen molar-refractivity contribution in [3.63, 3.8) is 0 Å². The maximum Gasteiger partial charge on any atom is 0.338 e. The third-order valence-corrected chi connectivity index (χ3v) is 6.62. The van der Waals surface area contributed by atoms with Crippen LogP contribution >= 0.6 is 23.1 Å². The summed E-state index contributed by atoms with van der Waals surface area (Å²) < 4.78 is 12.7. The summed E-state index contributed by atoms with van der Waals surface area (Å²) in [4.78, 5) is 32.2. The Balaban J connectivity index is 1.96. The molecule has 0 N–H and O–H groups in total. The van der Waals surface area contributed by atoms with Gasteiger partial charge in [0.1, 0.15) is 11.5 Å². The molecule has 1 aromatic carbocycles. The molecule has 4 rings (SSSR count). The van der Waals surface area contributed by atoms with Crippen LogP contribution in [0.5, 0.6) is 0 Å². The average Bonchev–Trinajstić information content (AvgIpc) is 3.29. The number of allylic oxidation sites excluding steroid dienone is 1. The Morgan fingerprint density at radius 3 is 2.57 bits per heavy atom. The molecule has 0 aliphatic carbocycles. The number of methoxy groups -OCH3 is 1. The van der Waals surface area contributed by atoms with Crippen LogP contribution < -0.4 is 14.9 Å². The molecule has 0 saturated carbocycles. The van der Waals surface area contributed by atoms with Gasteiger partial charge in [-0.3, -0.25) is 9.36 Å². The molecule has 1 unspecified atom stereocenters. The quantitative estimate of drug-likeness (QED) is 0.461. The second-order valence-electron chi connectivity index (χ2n) is 6.79. The molecule has 0 amide bonds. The highest BCUT2D eigenvalue weighted by Crippen LogP contribution is 2.31. The molecule has 154 valence electrons. The summed E-state index contributed by atoms with van der Waals surface area (Å²) in [5, 5.41) is 0. The maximum atomic E-state index is 13.4. The normalized spacial score (nSPS) is 16.4. The van der Waals surface area contributed by atoms with Gasteiger partial charge < -0.3 is 9.15 Å². The van der Waals surface area contributed by atoms with E-state index >= 15 is 0 Å². The lowest BCUT2D eigenvalue weighted by Gasteiger charge is -2.24. The summed E-state index contributed by atoms with van der Waals surface area (Å²) >= 11 is 2.90. The molecule has 1 atom stereocenters. The second-order valence-corrected chi connectivity index (χ2v) is 8.68. The first kappa shape index (κ1) is 20.4. The number of ether oxygens (including phenoxy) is 1. The molecule has 30 heavy (non-hydrogen) atoms. The fraction of sp³-hybridized carbons (Fsp3) is 0.227. The second kappa shape index (κ2) is 8.12. The summed E-state index contributed by atoms with van der Waals surface area (Å²) in [6.07, 6.45) is 3.71. The number of hydrogen-bond acceptors (Lipinski definition) is 7. The van der Waals surface area contributed by atoms with Gasteiger partial charge in [-0.25, -0.2) is 9.79 Å². The minimum Gasteiger partial charge on any atom is -0.466 e. The fourth-order valence-corrected chi connectivity index (χ4v) is 4.89. The number of esters is 1. The minimum absolute atomic E-state index is 0.222. The van der Waals surface area contributed by atoms with Gasteiger partial charge in [0.25, 0.3) is 5.56 Å². The van der Waals surface area contributed by atoms with Gasteiger partial charge in [0.2, 0.25) is 0 Å². The molecule has 3 heterocycles. The molecule has 8 heteroatoms. The molecule has 0 saturated heterocycles. The molecule has 1 aliphatic rings. The standard InChI is InChI=1S/C22H20N2O4S2/c1-12-5-8-15(28-12)11-17-20(25)24-19(14-6-9-16(29-4)10-7-14)18(21(26)27-3)13(2)23-22(24)30-17/h5-11,19H,1-4H3. The number of aryl methyl sites for hydroxylation is 1. The number of benzene rings is 1. The van der Waals surface area contributed by atoms with Gasteiger partial charge in [-0.15, -0.1) is 11.8 Å². The van der Waals surface area contributed by atoms with Crippen LogP contribution in [0.1, 0.15) is 30.0 Å². The predicted molar refractivity (Wildman–Crippen MR) is 117 cm³/mol. The smallest absolute Gasteiger partial charge is 0.338 e. The lowest BCUT2D eigenvalue weighted by Crippen LogP contribution is -2.39. The number of nitrogens with zero attached hydrogens (tertiary/aromatic N) is 2. The summed E-state index contributed by atoms with van der Waals surface area (Å²) in [6, 6.07) is 10.9. The summed E-state index contributed by atoms with van der Waals surface area (Å²) in [7, 11) is 1.33. The molecule has 0 fully saturated rings. The highest BCUT2D eigenvalue weighted by Gasteiger charge is 2.33. The van der Waals surface area contributed by atoms with Crippen LogP contribution in [0.2, 0.25) is 0 Å². The topological polar surface area (TPSA) is 73.8 Å². The lowest BCUT2D eigenvalue weighted by atomic mass is 9.96. The van der Waals surface area contributed by atoms with E-state index in [1.54, 1.807) is 29.3 Å². The van der Waals surface area contributed by atoms with Crippen LogP contribution in [0.3, 0.4) is 0 Å². The fourth-order valence-electron chi connectivity index (χ4n) is 3.45. The Labute approximate surface area is 181 Å². The Kier molecular flexibility index (Phi) is 5.53. The molecule has 1 aliphatic heterocycles. The summed E-state index contributed by atoms with van der Waals surface area (Å²) in [6.45, 7) is 3.62. The molecule has 0 bridgehead atoms. The van der Waals surface area contributed by atoms with Crippen molar-refractivity contribution in [1.29, 1.82) is 0 Å². The van der Waals surface area contributed by atoms with Crippen LogP contribution in [0.15, 0.2) is 66.8 Å². The van der Waals surface area contributed by atoms with E-state index in [9.17, 15) is 9.59 Å². The Morgan fingerprint density at radius 1 is 1.23 bits per heavy atom. The molecular formula is C22H20N2O4S2. The highest BCUT2D eigenvalue weighted by atomic mass is 32.2. The van der Waals surface area contributed by atoms with Crippen molar-refractivity contribution in [3.05, 3.63) is 84.4 Å². The van der Waals surface area contributed by atoms with E-state index in [2.05, 4.69) is 4.99 Å². The van der Waals surface area contributed by atoms with Gasteiger partial charge in [-0.2, -0.15) is 0 Å². The Bertz CT molecular complexity index is 1330. The van der Waals surface area contributed by atoms with Crippen molar-refractivity contribution in [2.75, 3.05) is 13.4 Å². The zero-order valence-corrected chi connectivity index (χ0v) is 18.6. The average molecular weight is 441 g/mol. The van der Waals surface area contributed by atoms with E-state index in [1.165, 1.54) is 18.4 Å². The van der Waals surface area contributed by atoms with Gasteiger partial charge in [-0.05, 0) is 49.9 Å². The molecular weight excluding hydrogens is 420 g/mol. The third kappa shape index (κ3) is 3.57. The SMILES string of the molecule is COC(=O)C1=C(C)N=c2sc(=Cc3ccc(C)o3)c(=O)n2C1c1ccc(SC)cc1. The van der Waals surface area contributed by atoms with Gasteiger partial charge in [0.05, 0.1) is 29.0 Å². The lowest BCUT2D eigenvalue weighted by molar-refractivity contribution is -0.136. The number of fused-ring (bicyclic) bond motifs is 1. The van der Waals surface area contributed by atoms with Crippen molar-refractivity contribution >= 4 is 35.1 Å². The first-order valence-corrected chi connectivity index (χ1v) is 11.3. The van der Waals surface area contributed by atoms with Crippen LogP contribution in [0, 0.1) is 6.92 Å².